The molecule has 4 amide bonds. The molecule has 0 aromatic heterocycles. The monoisotopic (exact) mass is 428 g/mol. The summed E-state index contributed by atoms with van der Waals surface area (Å²) in [6, 6.07) is 9.71. The molecule has 2 heterocycles. The van der Waals surface area contributed by atoms with E-state index in [9.17, 15) is 14.4 Å². The lowest BCUT2D eigenvalue weighted by Gasteiger charge is -2.39. The van der Waals surface area contributed by atoms with E-state index in [0.717, 1.165) is 38.4 Å². The highest BCUT2D eigenvalue weighted by Gasteiger charge is 2.49. The van der Waals surface area contributed by atoms with Crippen molar-refractivity contribution < 1.29 is 19.1 Å². The van der Waals surface area contributed by atoms with Crippen LogP contribution in [-0.4, -0.2) is 72.1 Å². The average Bonchev–Trinajstić information content (AvgIpc) is 3.05. The zero-order chi connectivity index (χ0) is 21.8. The number of hydrogen-bond donors (Lipinski definition) is 2. The van der Waals surface area contributed by atoms with E-state index in [-0.39, 0.29) is 23.8 Å². The Labute approximate surface area is 183 Å². The van der Waals surface area contributed by atoms with Gasteiger partial charge in [0.15, 0.2) is 0 Å². The molecule has 1 aromatic rings. The molecular weight excluding hydrogens is 396 g/mol. The smallest absolute Gasteiger partial charge is 0.322 e. The summed E-state index contributed by atoms with van der Waals surface area (Å²) < 4.78 is 5.46. The lowest BCUT2D eigenvalue weighted by Crippen LogP contribution is -2.53. The molecule has 1 saturated carbocycles. The van der Waals surface area contributed by atoms with Gasteiger partial charge in [0.25, 0.3) is 5.91 Å². The first-order chi connectivity index (χ1) is 15.0. The Balaban J connectivity index is 1.44. The molecule has 1 atom stereocenters. The number of carbonyl (C=O) groups excluding carboxylic acids is 3. The highest BCUT2D eigenvalue weighted by Crippen LogP contribution is 2.35. The topological polar surface area (TPSA) is 91.0 Å². The van der Waals surface area contributed by atoms with Crippen molar-refractivity contribution in [2.24, 2.45) is 5.92 Å². The highest BCUT2D eigenvalue weighted by molar-refractivity contribution is 6.07. The largest absolute Gasteiger partial charge is 0.379 e. The lowest BCUT2D eigenvalue weighted by atomic mass is 9.76. The minimum Gasteiger partial charge on any atom is -0.379 e. The first-order valence-electron chi connectivity index (χ1n) is 11.2. The molecule has 4 rings (SSSR count). The molecule has 1 aliphatic carbocycles. The summed E-state index contributed by atoms with van der Waals surface area (Å²) >= 11 is 0. The first kappa shape index (κ1) is 21.8. The number of urea groups is 1. The summed E-state index contributed by atoms with van der Waals surface area (Å²) in [5.74, 6) is -0.249. The van der Waals surface area contributed by atoms with Crippen molar-refractivity contribution in [2.45, 2.75) is 50.7 Å². The van der Waals surface area contributed by atoms with Crippen LogP contribution in [0.2, 0.25) is 0 Å². The Morgan fingerprint density at radius 1 is 1.19 bits per heavy atom. The fraction of sp³-hybridized carbons (Fsp3) is 0.609. The van der Waals surface area contributed by atoms with Crippen LogP contribution in [0, 0.1) is 5.92 Å². The minimum atomic E-state index is -0.836. The second-order valence-corrected chi connectivity index (χ2v) is 8.98. The van der Waals surface area contributed by atoms with E-state index in [1.54, 1.807) is 0 Å². The Morgan fingerprint density at radius 3 is 2.48 bits per heavy atom. The molecule has 8 nitrogen and oxygen atoms in total. The van der Waals surface area contributed by atoms with Gasteiger partial charge in [0.1, 0.15) is 5.54 Å². The third kappa shape index (κ3) is 4.91. The Hall–Kier alpha value is -2.45. The molecule has 168 valence electrons. The third-order valence-corrected chi connectivity index (χ3v) is 6.84. The van der Waals surface area contributed by atoms with Crippen LogP contribution in [0.25, 0.3) is 0 Å². The van der Waals surface area contributed by atoms with E-state index in [1.807, 2.05) is 23.1 Å². The molecule has 2 aliphatic heterocycles. The standard InChI is InChI=1S/C23H32N4O4/c1-17(15-26-11-13-31-14-12-26)27(16-18-5-3-2-4-6-18)20(28)19-7-9-23(10-8-19)21(29)24-22(30)25-23/h2-6,17,19H,7-16H2,1H3,(H2,24,25,29,30). The van der Waals surface area contributed by atoms with Gasteiger partial charge in [0, 0.05) is 38.1 Å². The molecule has 0 bridgehead atoms. The van der Waals surface area contributed by atoms with E-state index >= 15 is 0 Å². The number of carbonyl (C=O) groups is 3. The molecule has 2 saturated heterocycles. The number of imide groups is 1. The summed E-state index contributed by atoms with van der Waals surface area (Å²) in [6.45, 7) is 6.75. The molecule has 8 heteroatoms. The fourth-order valence-electron chi connectivity index (χ4n) is 4.96. The van der Waals surface area contributed by atoms with E-state index in [1.165, 1.54) is 0 Å². The highest BCUT2D eigenvalue weighted by atomic mass is 16.5. The van der Waals surface area contributed by atoms with Gasteiger partial charge < -0.3 is 15.0 Å². The van der Waals surface area contributed by atoms with Gasteiger partial charge in [0.2, 0.25) is 5.91 Å². The van der Waals surface area contributed by atoms with Crippen LogP contribution in [0.5, 0.6) is 0 Å². The van der Waals surface area contributed by atoms with Crippen LogP contribution in [-0.2, 0) is 20.9 Å². The molecule has 1 spiro atoms. The summed E-state index contributed by atoms with van der Waals surface area (Å²) in [5, 5.41) is 5.12. The number of amides is 4. The summed E-state index contributed by atoms with van der Waals surface area (Å²) in [4.78, 5) is 41.8. The van der Waals surface area contributed by atoms with Crippen LogP contribution < -0.4 is 10.6 Å². The van der Waals surface area contributed by atoms with Gasteiger partial charge in [0.05, 0.1) is 13.2 Å². The van der Waals surface area contributed by atoms with E-state index < -0.39 is 11.6 Å². The van der Waals surface area contributed by atoms with Crippen molar-refractivity contribution >= 4 is 17.8 Å². The molecule has 31 heavy (non-hydrogen) atoms. The molecule has 1 unspecified atom stereocenters. The fourth-order valence-corrected chi connectivity index (χ4v) is 4.96. The number of morpholine rings is 1. The van der Waals surface area contributed by atoms with Gasteiger partial charge in [-0.2, -0.15) is 0 Å². The Bertz CT molecular complexity index is 801. The third-order valence-electron chi connectivity index (χ3n) is 6.84. The van der Waals surface area contributed by atoms with E-state index in [0.29, 0.717) is 32.2 Å². The van der Waals surface area contributed by atoms with Gasteiger partial charge in [-0.25, -0.2) is 4.79 Å². The average molecular weight is 429 g/mol. The van der Waals surface area contributed by atoms with Crippen LogP contribution in [0.15, 0.2) is 30.3 Å². The normalized spacial score (nSPS) is 27.6. The Morgan fingerprint density at radius 2 is 1.87 bits per heavy atom. The van der Waals surface area contributed by atoms with Crippen molar-refractivity contribution in [3.05, 3.63) is 35.9 Å². The quantitative estimate of drug-likeness (QED) is 0.670. The van der Waals surface area contributed by atoms with Crippen LogP contribution >= 0.6 is 0 Å². The second kappa shape index (κ2) is 9.36. The molecule has 2 N–H and O–H groups in total. The van der Waals surface area contributed by atoms with Crippen LogP contribution in [0.4, 0.5) is 4.79 Å². The second-order valence-electron chi connectivity index (χ2n) is 8.98. The molecule has 3 aliphatic rings. The van der Waals surface area contributed by atoms with Gasteiger partial charge in [-0.3, -0.25) is 19.8 Å². The van der Waals surface area contributed by atoms with E-state index in [2.05, 4.69) is 34.6 Å². The molecule has 0 radical (unpaired) electrons. The van der Waals surface area contributed by atoms with Crippen molar-refractivity contribution in [3.8, 4) is 0 Å². The van der Waals surface area contributed by atoms with Crippen LogP contribution in [0.1, 0.15) is 38.2 Å². The van der Waals surface area contributed by atoms with Crippen molar-refractivity contribution in [1.82, 2.24) is 20.4 Å². The lowest BCUT2D eigenvalue weighted by molar-refractivity contribution is -0.141. The van der Waals surface area contributed by atoms with Crippen molar-refractivity contribution in [3.63, 3.8) is 0 Å². The molecule has 1 aromatic carbocycles. The zero-order valence-electron chi connectivity index (χ0n) is 18.1. The van der Waals surface area contributed by atoms with Gasteiger partial charge >= 0.3 is 6.03 Å². The molecular formula is C23H32N4O4. The van der Waals surface area contributed by atoms with Gasteiger partial charge in [-0.15, -0.1) is 0 Å². The number of benzene rings is 1. The maximum absolute atomic E-state index is 13.6. The SMILES string of the molecule is CC(CN1CCOCC1)N(Cc1ccccc1)C(=O)C1CCC2(CC1)NC(=O)NC2=O. The number of ether oxygens (including phenoxy) is 1. The number of hydrogen-bond acceptors (Lipinski definition) is 5. The van der Waals surface area contributed by atoms with E-state index in [4.69, 9.17) is 4.74 Å². The van der Waals surface area contributed by atoms with Crippen molar-refractivity contribution in [1.29, 1.82) is 0 Å². The Kier molecular flexibility index (Phi) is 6.57. The predicted molar refractivity (Wildman–Crippen MR) is 115 cm³/mol. The molecule has 3 fully saturated rings. The van der Waals surface area contributed by atoms with Crippen molar-refractivity contribution in [2.75, 3.05) is 32.8 Å². The number of rotatable bonds is 6. The van der Waals surface area contributed by atoms with Crippen LogP contribution in [0.3, 0.4) is 0 Å². The van der Waals surface area contributed by atoms with Gasteiger partial charge in [-0.05, 0) is 38.2 Å². The number of nitrogens with one attached hydrogen (secondary N) is 2. The summed E-state index contributed by atoms with van der Waals surface area (Å²) in [6.07, 6.45) is 2.19. The number of nitrogens with zero attached hydrogens (tertiary/aromatic N) is 2. The minimum absolute atomic E-state index is 0.0659. The zero-order valence-corrected chi connectivity index (χ0v) is 18.1. The maximum Gasteiger partial charge on any atom is 0.322 e. The summed E-state index contributed by atoms with van der Waals surface area (Å²) in [5.41, 5.74) is 0.275. The van der Waals surface area contributed by atoms with Gasteiger partial charge in [-0.1, -0.05) is 30.3 Å². The maximum atomic E-state index is 13.6. The summed E-state index contributed by atoms with van der Waals surface area (Å²) in [7, 11) is 0. The first-order valence-corrected chi connectivity index (χ1v) is 11.2. The predicted octanol–water partition coefficient (Wildman–Crippen LogP) is 1.50.